The summed E-state index contributed by atoms with van der Waals surface area (Å²) in [5.41, 5.74) is 1.64. The Morgan fingerprint density at radius 1 is 1.02 bits per heavy atom. The molecule has 1 aliphatic carbocycles. The minimum Gasteiger partial charge on any atom is -0.497 e. The van der Waals surface area contributed by atoms with Crippen LogP contribution in [0.4, 0.5) is 15.3 Å². The summed E-state index contributed by atoms with van der Waals surface area (Å²) in [5, 5.41) is 17.4. The third-order valence-electron chi connectivity index (χ3n) is 8.43. The van der Waals surface area contributed by atoms with E-state index in [4.69, 9.17) is 9.47 Å². The molecule has 2 heterocycles. The Bertz CT molecular complexity index is 2130. The van der Waals surface area contributed by atoms with Crippen LogP contribution in [0.25, 0.3) is 10.9 Å². The van der Waals surface area contributed by atoms with E-state index in [-0.39, 0.29) is 29.7 Å². The number of rotatable bonds is 11. The molecule has 0 saturated heterocycles. The van der Waals surface area contributed by atoms with Crippen LogP contribution in [0.5, 0.6) is 5.75 Å². The number of nitrogens with zero attached hydrogens (tertiary/aromatic N) is 6. The van der Waals surface area contributed by atoms with Gasteiger partial charge in [0.2, 0.25) is 0 Å². The summed E-state index contributed by atoms with van der Waals surface area (Å²) in [4.78, 5) is 41.7. The predicted molar refractivity (Wildman–Crippen MR) is 182 cm³/mol. The van der Waals surface area contributed by atoms with Gasteiger partial charge in [-0.05, 0) is 91.4 Å². The van der Waals surface area contributed by atoms with E-state index in [2.05, 4.69) is 26.0 Å². The molecule has 0 bridgehead atoms. The number of sulfonamides is 1. The van der Waals surface area contributed by atoms with Crippen LogP contribution in [-0.4, -0.2) is 75.3 Å². The number of carbonyl (C=O) groups is 3. The molecule has 5 aromatic rings. The third kappa shape index (κ3) is 7.44. The van der Waals surface area contributed by atoms with Crippen molar-refractivity contribution in [1.29, 1.82) is 0 Å². The maximum atomic E-state index is 14.3. The topological polar surface area (TPSA) is 180 Å². The van der Waals surface area contributed by atoms with E-state index in [1.165, 1.54) is 47.2 Å². The zero-order valence-corrected chi connectivity index (χ0v) is 28.3. The number of carbonyl (C=O) groups excluding carboxylic acids is 3. The lowest BCUT2D eigenvalue weighted by molar-refractivity contribution is 0.0854. The standard InChI is InChI=1S/C34H36N8O7S/c1-23-8-3-6-13-31(23)50(46,47)41(32(43)24-9-7-12-28(18-24)48-2)21-25-20-40(33(44)35-16-17-42-37-22-36-39-42)30-15-14-26(19-29(25)30)38-34(45)49-27-10-4-5-11-27/h3,6-9,12-15,18-20,22,27H,4-5,10-11,16-17,21H2,1-2H3,(H,35,44)(H,38,45). The highest BCUT2D eigenvalue weighted by molar-refractivity contribution is 7.89. The molecule has 1 saturated carbocycles. The number of hydrogen-bond donors (Lipinski definition) is 2. The van der Waals surface area contributed by atoms with Gasteiger partial charge in [-0.1, -0.05) is 24.3 Å². The first-order valence-corrected chi connectivity index (χ1v) is 17.5. The van der Waals surface area contributed by atoms with E-state index in [1.807, 2.05) is 0 Å². The predicted octanol–water partition coefficient (Wildman–Crippen LogP) is 4.73. The van der Waals surface area contributed by atoms with Gasteiger partial charge in [-0.15, -0.1) is 10.2 Å². The molecule has 1 fully saturated rings. The van der Waals surface area contributed by atoms with E-state index in [9.17, 15) is 22.8 Å². The molecule has 0 atom stereocenters. The minimum absolute atomic E-state index is 0.0449. The molecule has 2 N–H and O–H groups in total. The molecule has 3 amide bonds. The summed E-state index contributed by atoms with van der Waals surface area (Å²) in [5.74, 6) is -0.425. The SMILES string of the molecule is COc1cccc(C(=O)N(Cc2cn(C(=O)NCCn3ncnn3)c3ccc(NC(=O)OC4CCCC4)cc23)S(=O)(=O)c2ccccc2C)c1. The van der Waals surface area contributed by atoms with Crippen molar-refractivity contribution >= 4 is 44.6 Å². The van der Waals surface area contributed by atoms with Crippen LogP contribution in [0.1, 0.15) is 47.2 Å². The molecule has 3 aromatic carbocycles. The molecule has 15 nitrogen and oxygen atoms in total. The summed E-state index contributed by atoms with van der Waals surface area (Å²) in [6.07, 6.45) is 5.58. The number of benzene rings is 3. The molecule has 0 spiro atoms. The first kappa shape index (κ1) is 34.1. The highest BCUT2D eigenvalue weighted by atomic mass is 32.2. The van der Waals surface area contributed by atoms with Crippen LogP contribution in [0.15, 0.2) is 84.1 Å². The molecule has 260 valence electrons. The van der Waals surface area contributed by atoms with Crippen LogP contribution < -0.4 is 15.4 Å². The smallest absolute Gasteiger partial charge is 0.411 e. The van der Waals surface area contributed by atoms with Crippen molar-refractivity contribution in [3.63, 3.8) is 0 Å². The lowest BCUT2D eigenvalue weighted by atomic mass is 10.1. The highest BCUT2D eigenvalue weighted by Gasteiger charge is 2.33. The fourth-order valence-electron chi connectivity index (χ4n) is 5.90. The van der Waals surface area contributed by atoms with Crippen molar-refractivity contribution in [2.24, 2.45) is 0 Å². The van der Waals surface area contributed by atoms with Crippen LogP contribution in [0, 0.1) is 6.92 Å². The Hall–Kier alpha value is -5.77. The summed E-state index contributed by atoms with van der Waals surface area (Å²) in [6, 6.07) is 16.9. The number of nitrogens with one attached hydrogen (secondary N) is 2. The van der Waals surface area contributed by atoms with Crippen LogP contribution >= 0.6 is 0 Å². The van der Waals surface area contributed by atoms with Gasteiger partial charge in [-0.2, -0.15) is 4.80 Å². The first-order chi connectivity index (χ1) is 24.1. The van der Waals surface area contributed by atoms with Gasteiger partial charge < -0.3 is 14.8 Å². The second-order valence-corrected chi connectivity index (χ2v) is 13.6. The summed E-state index contributed by atoms with van der Waals surface area (Å²) < 4.78 is 41.6. The van der Waals surface area contributed by atoms with Crippen molar-refractivity contribution in [3.05, 3.63) is 95.9 Å². The van der Waals surface area contributed by atoms with Crippen molar-refractivity contribution in [2.45, 2.75) is 56.7 Å². The summed E-state index contributed by atoms with van der Waals surface area (Å²) in [6.45, 7) is 1.63. The van der Waals surface area contributed by atoms with Gasteiger partial charge in [-0.25, -0.2) is 22.3 Å². The van der Waals surface area contributed by atoms with E-state index in [1.54, 1.807) is 55.5 Å². The Morgan fingerprint density at radius 3 is 2.56 bits per heavy atom. The summed E-state index contributed by atoms with van der Waals surface area (Å²) >= 11 is 0. The maximum Gasteiger partial charge on any atom is 0.411 e. The number of methoxy groups -OCH3 is 1. The molecular weight excluding hydrogens is 664 g/mol. The first-order valence-electron chi connectivity index (χ1n) is 16.0. The molecule has 2 aromatic heterocycles. The number of tetrazole rings is 1. The van der Waals surface area contributed by atoms with Gasteiger partial charge in [0.25, 0.3) is 15.9 Å². The maximum absolute atomic E-state index is 14.3. The van der Waals surface area contributed by atoms with Crippen LogP contribution in [-0.2, 0) is 27.8 Å². The number of anilines is 1. The van der Waals surface area contributed by atoms with E-state index >= 15 is 0 Å². The number of hydrogen-bond acceptors (Lipinski definition) is 10. The van der Waals surface area contributed by atoms with E-state index in [0.29, 0.717) is 33.5 Å². The molecule has 6 rings (SSSR count). The number of aromatic nitrogens is 5. The summed E-state index contributed by atoms with van der Waals surface area (Å²) in [7, 11) is -2.99. The zero-order valence-electron chi connectivity index (χ0n) is 27.5. The van der Waals surface area contributed by atoms with Crippen molar-refractivity contribution < 1.29 is 32.3 Å². The average molecular weight is 701 g/mol. The number of amides is 3. The Kier molecular flexibility index (Phi) is 10.1. The third-order valence-corrected chi connectivity index (χ3v) is 10.3. The largest absolute Gasteiger partial charge is 0.497 e. The van der Waals surface area contributed by atoms with Gasteiger partial charge in [0.15, 0.2) is 6.33 Å². The van der Waals surface area contributed by atoms with Gasteiger partial charge in [-0.3, -0.25) is 14.7 Å². The number of ether oxygens (including phenoxy) is 2. The molecular formula is C34H36N8O7S. The Labute approximate surface area is 288 Å². The van der Waals surface area contributed by atoms with E-state index < -0.39 is 34.6 Å². The second kappa shape index (κ2) is 14.8. The Balaban J connectivity index is 1.40. The molecule has 16 heteroatoms. The molecule has 50 heavy (non-hydrogen) atoms. The lowest BCUT2D eigenvalue weighted by Gasteiger charge is -2.24. The average Bonchev–Trinajstić information content (AvgIpc) is 3.89. The van der Waals surface area contributed by atoms with Crippen LogP contribution in [0.3, 0.4) is 0 Å². The second-order valence-electron chi connectivity index (χ2n) is 11.8. The number of aryl methyl sites for hydroxylation is 1. The van der Waals surface area contributed by atoms with Gasteiger partial charge in [0.05, 0.1) is 30.6 Å². The van der Waals surface area contributed by atoms with Gasteiger partial charge >= 0.3 is 12.1 Å². The monoisotopic (exact) mass is 700 g/mol. The molecule has 0 radical (unpaired) electrons. The van der Waals surface area contributed by atoms with Crippen LogP contribution in [0.2, 0.25) is 0 Å². The van der Waals surface area contributed by atoms with Gasteiger partial charge in [0, 0.05) is 29.4 Å². The fourth-order valence-corrected chi connectivity index (χ4v) is 7.49. The lowest BCUT2D eigenvalue weighted by Crippen LogP contribution is -2.37. The van der Waals surface area contributed by atoms with Crippen molar-refractivity contribution in [1.82, 2.24) is 34.4 Å². The van der Waals surface area contributed by atoms with Gasteiger partial charge in [0.1, 0.15) is 11.9 Å². The van der Waals surface area contributed by atoms with E-state index in [0.717, 1.165) is 30.0 Å². The minimum atomic E-state index is -4.44. The Morgan fingerprint density at radius 2 is 1.82 bits per heavy atom. The molecule has 1 aliphatic rings. The highest BCUT2D eigenvalue weighted by Crippen LogP contribution is 2.31. The zero-order chi connectivity index (χ0) is 35.3. The molecule has 0 aliphatic heterocycles. The quantitative estimate of drug-likeness (QED) is 0.196. The normalized spacial score (nSPS) is 13.2. The van der Waals surface area contributed by atoms with Crippen molar-refractivity contribution in [3.8, 4) is 5.75 Å². The molecule has 0 unspecified atom stereocenters. The fraction of sp³-hybridized carbons (Fsp3) is 0.294. The van der Waals surface area contributed by atoms with Crippen molar-refractivity contribution in [2.75, 3.05) is 19.0 Å². The number of fused-ring (bicyclic) bond motifs is 1.